The number of rotatable bonds is 8. The summed E-state index contributed by atoms with van der Waals surface area (Å²) in [6, 6.07) is 8.07. The minimum Gasteiger partial charge on any atom is -0.493 e. The van der Waals surface area contributed by atoms with Crippen LogP contribution in [0.15, 0.2) is 30.3 Å². The standard InChI is InChI=1S/C22H29N3O6S/c1-5-11-32(27,28)25-10-6-7-15-12-16(8-9-18(15)25)23-22(26)24-17-13-19(29-2)21(31-4)20(14-17)30-3/h8-9,12-14H,5-7,10-11H2,1-4H3,(H2,23,24,26). The van der Waals surface area contributed by atoms with Crippen molar-refractivity contribution < 1.29 is 27.4 Å². The van der Waals surface area contributed by atoms with Crippen LogP contribution in [0.4, 0.5) is 21.9 Å². The minimum atomic E-state index is -3.34. The lowest BCUT2D eigenvalue weighted by molar-refractivity contribution is 0.262. The van der Waals surface area contributed by atoms with E-state index in [1.54, 1.807) is 24.3 Å². The molecular formula is C22H29N3O6S. The van der Waals surface area contributed by atoms with Crippen LogP contribution in [0.3, 0.4) is 0 Å². The van der Waals surface area contributed by atoms with E-state index in [1.165, 1.54) is 25.6 Å². The van der Waals surface area contributed by atoms with Gasteiger partial charge < -0.3 is 24.8 Å². The third kappa shape index (κ3) is 5.01. The molecule has 174 valence electrons. The highest BCUT2D eigenvalue weighted by Gasteiger charge is 2.27. The first-order valence-electron chi connectivity index (χ1n) is 10.3. The highest BCUT2D eigenvalue weighted by molar-refractivity contribution is 7.92. The molecular weight excluding hydrogens is 434 g/mol. The Bertz CT molecular complexity index is 1060. The predicted molar refractivity (Wildman–Crippen MR) is 125 cm³/mol. The first-order valence-corrected chi connectivity index (χ1v) is 11.9. The predicted octanol–water partition coefficient (Wildman–Crippen LogP) is 3.85. The van der Waals surface area contributed by atoms with Gasteiger partial charge in [-0.3, -0.25) is 4.31 Å². The van der Waals surface area contributed by atoms with Crippen LogP contribution in [0.5, 0.6) is 17.2 Å². The van der Waals surface area contributed by atoms with Gasteiger partial charge in [-0.15, -0.1) is 0 Å². The van der Waals surface area contributed by atoms with Crippen molar-refractivity contribution in [3.8, 4) is 17.2 Å². The average molecular weight is 464 g/mol. The van der Waals surface area contributed by atoms with Gasteiger partial charge in [-0.05, 0) is 43.0 Å². The Morgan fingerprint density at radius 3 is 2.25 bits per heavy atom. The van der Waals surface area contributed by atoms with E-state index in [1.807, 2.05) is 13.0 Å². The molecule has 0 saturated heterocycles. The van der Waals surface area contributed by atoms with Crippen molar-refractivity contribution in [3.63, 3.8) is 0 Å². The van der Waals surface area contributed by atoms with E-state index >= 15 is 0 Å². The molecule has 0 unspecified atom stereocenters. The van der Waals surface area contributed by atoms with E-state index in [9.17, 15) is 13.2 Å². The Kier molecular flexibility index (Phi) is 7.34. The monoisotopic (exact) mass is 463 g/mol. The fraction of sp³-hybridized carbons (Fsp3) is 0.409. The number of methoxy groups -OCH3 is 3. The van der Waals surface area contributed by atoms with Crippen molar-refractivity contribution in [1.29, 1.82) is 0 Å². The molecule has 1 aliphatic heterocycles. The summed E-state index contributed by atoms with van der Waals surface area (Å²) in [4.78, 5) is 12.6. The van der Waals surface area contributed by atoms with E-state index in [0.717, 1.165) is 18.4 Å². The van der Waals surface area contributed by atoms with E-state index < -0.39 is 16.1 Å². The number of benzene rings is 2. The number of aryl methyl sites for hydroxylation is 1. The normalized spacial score (nSPS) is 13.2. The number of fused-ring (bicyclic) bond motifs is 1. The zero-order valence-electron chi connectivity index (χ0n) is 18.7. The summed E-state index contributed by atoms with van der Waals surface area (Å²) < 4.78 is 42.5. The number of sulfonamides is 1. The third-order valence-electron chi connectivity index (χ3n) is 5.13. The Hall–Kier alpha value is -3.14. The maximum absolute atomic E-state index is 12.6. The van der Waals surface area contributed by atoms with Crippen molar-refractivity contribution >= 4 is 33.1 Å². The first kappa shape index (κ1) is 23.5. The van der Waals surface area contributed by atoms with E-state index in [4.69, 9.17) is 14.2 Å². The van der Waals surface area contributed by atoms with Crippen LogP contribution in [-0.4, -0.2) is 48.1 Å². The van der Waals surface area contributed by atoms with Crippen molar-refractivity contribution in [1.82, 2.24) is 0 Å². The number of nitrogens with one attached hydrogen (secondary N) is 2. The second kappa shape index (κ2) is 9.99. The summed E-state index contributed by atoms with van der Waals surface area (Å²) >= 11 is 0. The van der Waals surface area contributed by atoms with Crippen LogP contribution in [0.25, 0.3) is 0 Å². The highest BCUT2D eigenvalue weighted by atomic mass is 32.2. The van der Waals surface area contributed by atoms with Crippen LogP contribution >= 0.6 is 0 Å². The summed E-state index contributed by atoms with van der Waals surface area (Å²) in [6.45, 7) is 2.33. The smallest absolute Gasteiger partial charge is 0.323 e. The zero-order valence-corrected chi connectivity index (χ0v) is 19.5. The van der Waals surface area contributed by atoms with E-state index in [2.05, 4.69) is 10.6 Å². The first-order chi connectivity index (χ1) is 15.3. The maximum Gasteiger partial charge on any atom is 0.323 e. The topological polar surface area (TPSA) is 106 Å². The zero-order chi connectivity index (χ0) is 23.3. The van der Waals surface area contributed by atoms with Gasteiger partial charge in [0, 0.05) is 24.4 Å². The molecule has 0 saturated carbocycles. The SMILES string of the molecule is CCCS(=O)(=O)N1CCCc2cc(NC(=O)Nc3cc(OC)c(OC)c(OC)c3)ccc21. The lowest BCUT2D eigenvalue weighted by Gasteiger charge is -2.30. The summed E-state index contributed by atoms with van der Waals surface area (Å²) in [5.41, 5.74) is 2.61. The molecule has 10 heteroatoms. The van der Waals surface area contributed by atoms with E-state index in [-0.39, 0.29) is 5.75 Å². The minimum absolute atomic E-state index is 0.115. The molecule has 2 aromatic rings. The number of hydrogen-bond donors (Lipinski definition) is 2. The molecule has 0 aromatic heterocycles. The number of nitrogens with zero attached hydrogens (tertiary/aromatic N) is 1. The van der Waals surface area contributed by atoms with Gasteiger partial charge in [0.1, 0.15) is 0 Å². The number of carbonyl (C=O) groups is 1. The third-order valence-corrected chi connectivity index (χ3v) is 7.11. The Labute approximate surface area is 188 Å². The molecule has 2 aromatic carbocycles. The number of carbonyl (C=O) groups excluding carboxylic acids is 1. The summed E-state index contributed by atoms with van der Waals surface area (Å²) in [7, 11) is 1.16. The molecule has 1 aliphatic rings. The molecule has 2 N–H and O–H groups in total. The Morgan fingerprint density at radius 2 is 1.66 bits per heavy atom. The number of anilines is 3. The van der Waals surface area contributed by atoms with Gasteiger partial charge in [0.05, 0.1) is 38.5 Å². The molecule has 1 heterocycles. The molecule has 32 heavy (non-hydrogen) atoms. The van der Waals surface area contributed by atoms with Crippen LogP contribution in [0.1, 0.15) is 25.3 Å². The van der Waals surface area contributed by atoms with Crippen LogP contribution < -0.4 is 29.1 Å². The van der Waals surface area contributed by atoms with Crippen LogP contribution in [0.2, 0.25) is 0 Å². The lowest BCUT2D eigenvalue weighted by Crippen LogP contribution is -2.37. The molecule has 0 aliphatic carbocycles. The fourth-order valence-corrected chi connectivity index (χ4v) is 5.37. The molecule has 2 amide bonds. The molecule has 0 radical (unpaired) electrons. The maximum atomic E-state index is 12.6. The summed E-state index contributed by atoms with van der Waals surface area (Å²) in [6.07, 6.45) is 2.05. The average Bonchev–Trinajstić information content (AvgIpc) is 2.77. The van der Waals surface area contributed by atoms with Gasteiger partial charge in [0.25, 0.3) is 0 Å². The molecule has 0 bridgehead atoms. The number of ether oxygens (including phenoxy) is 3. The fourth-order valence-electron chi connectivity index (χ4n) is 3.74. The molecule has 0 atom stereocenters. The second-order valence-corrected chi connectivity index (χ2v) is 9.34. The van der Waals surface area contributed by atoms with Crippen molar-refractivity contribution in [2.75, 3.05) is 48.6 Å². The summed E-state index contributed by atoms with van der Waals surface area (Å²) in [5.74, 6) is 1.38. The number of urea groups is 1. The van der Waals surface area contributed by atoms with Crippen LogP contribution in [0, 0.1) is 0 Å². The van der Waals surface area contributed by atoms with Gasteiger partial charge in [-0.2, -0.15) is 0 Å². The van der Waals surface area contributed by atoms with Gasteiger partial charge in [-0.1, -0.05) is 6.92 Å². The lowest BCUT2D eigenvalue weighted by atomic mass is 10.0. The quantitative estimate of drug-likeness (QED) is 0.616. The van der Waals surface area contributed by atoms with Crippen molar-refractivity contribution in [3.05, 3.63) is 35.9 Å². The van der Waals surface area contributed by atoms with Gasteiger partial charge in [0.15, 0.2) is 11.5 Å². The Balaban J connectivity index is 1.77. The Morgan fingerprint density at radius 1 is 1.00 bits per heavy atom. The largest absolute Gasteiger partial charge is 0.493 e. The van der Waals surface area contributed by atoms with Crippen LogP contribution in [-0.2, 0) is 16.4 Å². The van der Waals surface area contributed by atoms with Crippen molar-refractivity contribution in [2.24, 2.45) is 0 Å². The number of amides is 2. The van der Waals surface area contributed by atoms with Gasteiger partial charge in [-0.25, -0.2) is 13.2 Å². The second-order valence-electron chi connectivity index (χ2n) is 7.33. The molecule has 0 spiro atoms. The van der Waals surface area contributed by atoms with Crippen molar-refractivity contribution in [2.45, 2.75) is 26.2 Å². The molecule has 9 nitrogen and oxygen atoms in total. The highest BCUT2D eigenvalue weighted by Crippen LogP contribution is 2.40. The molecule has 0 fully saturated rings. The van der Waals surface area contributed by atoms with Gasteiger partial charge in [0.2, 0.25) is 15.8 Å². The summed E-state index contributed by atoms with van der Waals surface area (Å²) in [5, 5.41) is 5.54. The van der Waals surface area contributed by atoms with Gasteiger partial charge >= 0.3 is 6.03 Å². The van der Waals surface area contributed by atoms with E-state index in [0.29, 0.717) is 47.3 Å². The molecule has 3 rings (SSSR count). The number of hydrogen-bond acceptors (Lipinski definition) is 6.